The van der Waals surface area contributed by atoms with Gasteiger partial charge >= 0.3 is 0 Å². The standard InChI is InChI=1S/C12H20ClN3O3S/c1-9-11(6-13)12(15-14-9)20(17,18)16-5-3-4-10(7-16)8-19-2/h10H,3-8H2,1-2H3,(H,14,15). The van der Waals surface area contributed by atoms with Crippen LogP contribution in [0.1, 0.15) is 24.1 Å². The predicted octanol–water partition coefficient (Wildman–Crippen LogP) is 1.50. The van der Waals surface area contributed by atoms with Crippen LogP contribution >= 0.6 is 11.6 Å². The van der Waals surface area contributed by atoms with Gasteiger partial charge in [0.2, 0.25) is 0 Å². The number of aryl methyl sites for hydroxylation is 1. The highest BCUT2D eigenvalue weighted by atomic mass is 35.5. The lowest BCUT2D eigenvalue weighted by atomic mass is 10.0. The number of halogens is 1. The van der Waals surface area contributed by atoms with Crippen molar-refractivity contribution in [2.45, 2.75) is 30.7 Å². The van der Waals surface area contributed by atoms with Gasteiger partial charge in [0.05, 0.1) is 12.5 Å². The number of hydrogen-bond acceptors (Lipinski definition) is 4. The Labute approximate surface area is 124 Å². The van der Waals surface area contributed by atoms with Gasteiger partial charge < -0.3 is 4.74 Å². The molecule has 1 aromatic rings. The average Bonchev–Trinajstić information content (AvgIpc) is 2.81. The normalized spacial score (nSPS) is 21.2. The van der Waals surface area contributed by atoms with Crippen molar-refractivity contribution in [3.63, 3.8) is 0 Å². The Balaban J connectivity index is 2.25. The fourth-order valence-corrected chi connectivity index (χ4v) is 4.66. The summed E-state index contributed by atoms with van der Waals surface area (Å²) in [6.07, 6.45) is 1.83. The summed E-state index contributed by atoms with van der Waals surface area (Å²) in [6.45, 7) is 3.35. The van der Waals surface area contributed by atoms with Gasteiger partial charge in [-0.15, -0.1) is 11.6 Å². The molecule has 0 aromatic carbocycles. The quantitative estimate of drug-likeness (QED) is 0.834. The van der Waals surface area contributed by atoms with Crippen LogP contribution in [0.15, 0.2) is 5.03 Å². The highest BCUT2D eigenvalue weighted by molar-refractivity contribution is 7.89. The number of alkyl halides is 1. The second-order valence-corrected chi connectivity index (χ2v) is 7.21. The van der Waals surface area contributed by atoms with Gasteiger partial charge in [-0.2, -0.15) is 9.40 Å². The fourth-order valence-electron chi connectivity index (χ4n) is 2.54. The zero-order chi connectivity index (χ0) is 14.8. The van der Waals surface area contributed by atoms with Gasteiger partial charge in [-0.25, -0.2) is 8.42 Å². The molecule has 1 N–H and O–H groups in total. The molecule has 0 spiro atoms. The number of aromatic nitrogens is 2. The van der Waals surface area contributed by atoms with Crippen LogP contribution < -0.4 is 0 Å². The number of ether oxygens (including phenoxy) is 1. The monoisotopic (exact) mass is 321 g/mol. The minimum absolute atomic E-state index is 0.0584. The van der Waals surface area contributed by atoms with Crippen LogP contribution in [0, 0.1) is 12.8 Å². The van der Waals surface area contributed by atoms with Gasteiger partial charge in [-0.1, -0.05) is 0 Å². The van der Waals surface area contributed by atoms with Crippen molar-refractivity contribution in [3.05, 3.63) is 11.3 Å². The Hall–Kier alpha value is -0.630. The van der Waals surface area contributed by atoms with Crippen molar-refractivity contribution in [2.24, 2.45) is 5.92 Å². The molecule has 1 atom stereocenters. The summed E-state index contributed by atoms with van der Waals surface area (Å²) in [4.78, 5) is 0. The van der Waals surface area contributed by atoms with Crippen LogP contribution in [-0.4, -0.2) is 49.7 Å². The SMILES string of the molecule is COCC1CCCN(S(=O)(=O)c2n[nH]c(C)c2CCl)C1. The van der Waals surface area contributed by atoms with Gasteiger partial charge in [-0.3, -0.25) is 5.10 Å². The average molecular weight is 322 g/mol. The molecular formula is C12H20ClN3O3S. The smallest absolute Gasteiger partial charge is 0.262 e. The predicted molar refractivity (Wildman–Crippen MR) is 76.2 cm³/mol. The van der Waals surface area contributed by atoms with Gasteiger partial charge in [-0.05, 0) is 25.7 Å². The molecule has 0 radical (unpaired) electrons. The van der Waals surface area contributed by atoms with Crippen LogP contribution in [0.4, 0.5) is 0 Å². The van der Waals surface area contributed by atoms with Crippen molar-refractivity contribution >= 4 is 21.6 Å². The van der Waals surface area contributed by atoms with E-state index in [0.29, 0.717) is 31.0 Å². The molecule has 20 heavy (non-hydrogen) atoms. The molecule has 6 nitrogen and oxygen atoms in total. The van der Waals surface area contributed by atoms with Crippen molar-refractivity contribution < 1.29 is 13.2 Å². The van der Waals surface area contributed by atoms with Gasteiger partial charge in [0.15, 0.2) is 5.03 Å². The summed E-state index contributed by atoms with van der Waals surface area (Å²) in [7, 11) is -1.95. The van der Waals surface area contributed by atoms with E-state index in [1.54, 1.807) is 14.0 Å². The molecule has 1 fully saturated rings. The molecule has 0 aliphatic carbocycles. The van der Waals surface area contributed by atoms with Crippen LogP contribution in [0.25, 0.3) is 0 Å². The van der Waals surface area contributed by atoms with Gasteiger partial charge in [0.25, 0.3) is 10.0 Å². The maximum atomic E-state index is 12.7. The number of rotatable bonds is 5. The summed E-state index contributed by atoms with van der Waals surface area (Å²) >= 11 is 5.84. The second kappa shape index (κ2) is 6.43. The molecule has 114 valence electrons. The van der Waals surface area contributed by atoms with Crippen LogP contribution in [0.3, 0.4) is 0 Å². The number of sulfonamides is 1. The Morgan fingerprint density at radius 1 is 1.55 bits per heavy atom. The number of piperidine rings is 1. The number of methoxy groups -OCH3 is 1. The third-order valence-corrected chi connectivity index (χ3v) is 5.74. The Morgan fingerprint density at radius 2 is 2.30 bits per heavy atom. The van der Waals surface area contributed by atoms with Crippen molar-refractivity contribution in [1.29, 1.82) is 0 Å². The molecule has 8 heteroatoms. The lowest BCUT2D eigenvalue weighted by Gasteiger charge is -2.31. The van der Waals surface area contributed by atoms with E-state index in [9.17, 15) is 8.42 Å². The topological polar surface area (TPSA) is 75.3 Å². The van der Waals surface area contributed by atoms with Crippen LogP contribution in [0.5, 0.6) is 0 Å². The first-order chi connectivity index (χ1) is 9.50. The van der Waals surface area contributed by atoms with Crippen LogP contribution in [-0.2, 0) is 20.6 Å². The number of nitrogens with zero attached hydrogens (tertiary/aromatic N) is 2. The molecule has 1 saturated heterocycles. The number of aromatic amines is 1. The highest BCUT2D eigenvalue weighted by Gasteiger charge is 2.33. The van der Waals surface area contributed by atoms with Crippen molar-refractivity contribution in [3.8, 4) is 0 Å². The third-order valence-electron chi connectivity index (χ3n) is 3.64. The molecule has 0 saturated carbocycles. The summed E-state index contributed by atoms with van der Waals surface area (Å²) in [5, 5.41) is 6.70. The number of hydrogen-bond donors (Lipinski definition) is 1. The molecule has 0 amide bonds. The summed E-state index contributed by atoms with van der Waals surface area (Å²) in [5.74, 6) is 0.370. The lowest BCUT2D eigenvalue weighted by molar-refractivity contribution is 0.118. The fraction of sp³-hybridized carbons (Fsp3) is 0.750. The Kier molecular flexibility index (Phi) is 5.06. The lowest BCUT2D eigenvalue weighted by Crippen LogP contribution is -2.41. The first kappa shape index (κ1) is 15.8. The summed E-state index contributed by atoms with van der Waals surface area (Å²) in [5.41, 5.74) is 1.25. The van der Waals surface area contributed by atoms with Crippen molar-refractivity contribution in [2.75, 3.05) is 26.8 Å². The Morgan fingerprint density at radius 3 is 2.95 bits per heavy atom. The molecule has 2 rings (SSSR count). The number of H-pyrrole nitrogens is 1. The van der Waals surface area contributed by atoms with E-state index in [0.717, 1.165) is 12.8 Å². The van der Waals surface area contributed by atoms with Gasteiger partial charge in [0.1, 0.15) is 0 Å². The second-order valence-electron chi connectivity index (χ2n) is 5.09. The maximum absolute atomic E-state index is 12.7. The van der Waals surface area contributed by atoms with Gasteiger partial charge in [0, 0.05) is 31.5 Å². The van der Waals surface area contributed by atoms with E-state index in [1.807, 2.05) is 0 Å². The molecular weight excluding hydrogens is 302 g/mol. The molecule has 0 bridgehead atoms. The van der Waals surface area contributed by atoms with E-state index < -0.39 is 10.0 Å². The van der Waals surface area contributed by atoms with E-state index in [-0.39, 0.29) is 16.8 Å². The summed E-state index contributed by atoms with van der Waals surface area (Å²) in [6, 6.07) is 0. The highest BCUT2D eigenvalue weighted by Crippen LogP contribution is 2.26. The van der Waals surface area contributed by atoms with E-state index in [4.69, 9.17) is 16.3 Å². The maximum Gasteiger partial charge on any atom is 0.262 e. The molecule has 1 aliphatic heterocycles. The molecule has 1 aromatic heterocycles. The minimum Gasteiger partial charge on any atom is -0.384 e. The largest absolute Gasteiger partial charge is 0.384 e. The van der Waals surface area contributed by atoms with Crippen molar-refractivity contribution in [1.82, 2.24) is 14.5 Å². The first-order valence-electron chi connectivity index (χ1n) is 6.59. The van der Waals surface area contributed by atoms with E-state index in [2.05, 4.69) is 10.2 Å². The Bertz CT molecular complexity index is 556. The first-order valence-corrected chi connectivity index (χ1v) is 8.57. The summed E-state index contributed by atoms with van der Waals surface area (Å²) < 4.78 is 32.0. The van der Waals surface area contributed by atoms with E-state index >= 15 is 0 Å². The molecule has 2 heterocycles. The minimum atomic E-state index is -3.58. The zero-order valence-electron chi connectivity index (χ0n) is 11.7. The van der Waals surface area contributed by atoms with Crippen LogP contribution in [0.2, 0.25) is 0 Å². The molecule has 1 unspecified atom stereocenters. The molecule has 1 aliphatic rings. The third kappa shape index (κ3) is 3.00. The zero-order valence-corrected chi connectivity index (χ0v) is 13.3. The van der Waals surface area contributed by atoms with E-state index in [1.165, 1.54) is 4.31 Å². The number of nitrogens with one attached hydrogen (secondary N) is 1.